The fourth-order valence-electron chi connectivity index (χ4n) is 10.3. The normalized spacial score (nSPS) is 24.5. The number of anilines is 2. The summed E-state index contributed by atoms with van der Waals surface area (Å²) in [5.74, 6) is -3.94. The number of hydrogen-bond donors (Lipinski definition) is 4. The molecule has 4 heterocycles. The van der Waals surface area contributed by atoms with E-state index in [1.165, 1.54) is 11.0 Å². The summed E-state index contributed by atoms with van der Waals surface area (Å²) in [6, 6.07) is 19.6. The van der Waals surface area contributed by atoms with Crippen molar-refractivity contribution in [2.75, 3.05) is 10.6 Å². The summed E-state index contributed by atoms with van der Waals surface area (Å²) in [4.78, 5) is 81.9. The highest BCUT2D eigenvalue weighted by atomic mass is 35.5. The second kappa shape index (κ2) is 14.4. The molecule has 1 unspecified atom stereocenters. The number of nitrogens with one attached hydrogen (secondary N) is 4. The minimum absolute atomic E-state index is 0.0108. The van der Waals surface area contributed by atoms with Crippen LogP contribution in [0.4, 0.5) is 15.8 Å². The Kier molecular flexibility index (Phi) is 9.49. The Morgan fingerprint density at radius 1 is 0.897 bits per heavy atom. The van der Waals surface area contributed by atoms with E-state index in [2.05, 4.69) is 21.3 Å². The highest BCUT2D eigenvalue weighted by Gasteiger charge is 2.72. The third kappa shape index (κ3) is 5.95. The van der Waals surface area contributed by atoms with Crippen molar-refractivity contribution < 1.29 is 33.2 Å². The number of fused-ring (bicyclic) bond motifs is 4. The van der Waals surface area contributed by atoms with Crippen molar-refractivity contribution in [2.24, 2.45) is 0 Å². The lowest BCUT2D eigenvalue weighted by Crippen LogP contribution is -2.60. The number of amides is 5. The number of benzene rings is 4. The van der Waals surface area contributed by atoms with Gasteiger partial charge in [0.1, 0.15) is 17.3 Å². The van der Waals surface area contributed by atoms with E-state index >= 15 is 4.39 Å². The lowest BCUT2D eigenvalue weighted by Gasteiger charge is -2.47. The van der Waals surface area contributed by atoms with E-state index in [0.29, 0.717) is 57.1 Å². The van der Waals surface area contributed by atoms with Gasteiger partial charge in [-0.25, -0.2) is 4.39 Å². The quantitative estimate of drug-likeness (QED) is 0.121. The number of hydrogen-bond acceptors (Lipinski definition) is 7. The van der Waals surface area contributed by atoms with E-state index in [4.69, 9.17) is 23.2 Å². The molecular formula is C44H38Cl2FN5O6. The van der Waals surface area contributed by atoms with Gasteiger partial charge in [-0.05, 0) is 90.0 Å². The maximum absolute atomic E-state index is 16.3. The maximum Gasteiger partial charge on any atom is 0.255 e. The van der Waals surface area contributed by atoms with Crippen LogP contribution in [0.3, 0.4) is 0 Å². The van der Waals surface area contributed by atoms with Crippen LogP contribution in [0.25, 0.3) is 0 Å². The van der Waals surface area contributed by atoms with Crippen molar-refractivity contribution in [1.82, 2.24) is 15.5 Å². The summed E-state index contributed by atoms with van der Waals surface area (Å²) in [7, 11) is 0. The number of nitrogens with zero attached hydrogens (tertiary/aromatic N) is 1. The predicted octanol–water partition coefficient (Wildman–Crippen LogP) is 6.61. The van der Waals surface area contributed by atoms with Crippen molar-refractivity contribution in [3.63, 3.8) is 0 Å². The zero-order valence-electron chi connectivity index (χ0n) is 31.1. The first kappa shape index (κ1) is 38.1. The molecule has 3 fully saturated rings. The molecule has 0 aromatic heterocycles. The standard InChI is InChI=1S/C44H38Cl2FN5O6/c45-25-12-15-30-32(21-25)49-42(58)44(30)36(28-8-5-9-31(46)37(28)47)38(51-43(44)18-2-1-3-19-43)40(56)48-26-13-10-23(11-14-26)34(53)20-24-6-4-7-27-29(24)22-52(41(27)57)33-16-17-35(54)50-39(33)55/h4-15,21,33,36,38,51H,1-3,16-20,22H2,(H,48,56)(H,49,58)(H,50,54,55)/t33?,36-,38+,44+/m0/s1. The lowest BCUT2D eigenvalue weighted by atomic mass is 9.55. The average Bonchev–Trinajstić information content (AvgIpc) is 3.80. The van der Waals surface area contributed by atoms with Crippen molar-refractivity contribution in [1.29, 1.82) is 0 Å². The van der Waals surface area contributed by atoms with Crippen LogP contribution in [0.2, 0.25) is 10.0 Å². The molecule has 11 nitrogen and oxygen atoms in total. The van der Waals surface area contributed by atoms with Crippen LogP contribution in [0.1, 0.15) is 93.8 Å². The smallest absolute Gasteiger partial charge is 0.255 e. The molecule has 0 bridgehead atoms. The third-order valence-electron chi connectivity index (χ3n) is 12.8. The van der Waals surface area contributed by atoms with Gasteiger partial charge in [0.25, 0.3) is 5.91 Å². The third-order valence-corrected chi connectivity index (χ3v) is 13.3. The zero-order chi connectivity index (χ0) is 40.5. The number of carbonyl (C=O) groups is 6. The number of rotatable bonds is 7. The van der Waals surface area contributed by atoms with Gasteiger partial charge < -0.3 is 15.5 Å². The average molecular weight is 823 g/mol. The van der Waals surface area contributed by atoms with Gasteiger partial charge in [-0.1, -0.05) is 72.8 Å². The van der Waals surface area contributed by atoms with Crippen LogP contribution < -0.4 is 21.3 Å². The van der Waals surface area contributed by atoms with E-state index in [9.17, 15) is 28.8 Å². The molecule has 4 aromatic rings. The lowest BCUT2D eigenvalue weighted by molar-refractivity contribution is -0.137. The summed E-state index contributed by atoms with van der Waals surface area (Å²) < 4.78 is 16.3. The van der Waals surface area contributed by atoms with E-state index in [1.54, 1.807) is 72.8 Å². The van der Waals surface area contributed by atoms with Crippen LogP contribution in [0.5, 0.6) is 0 Å². The van der Waals surface area contributed by atoms with Crippen molar-refractivity contribution in [3.05, 3.63) is 128 Å². The van der Waals surface area contributed by atoms with Gasteiger partial charge in [-0.15, -0.1) is 0 Å². The fraction of sp³-hybridized carbons (Fsp3) is 0.318. The van der Waals surface area contributed by atoms with Gasteiger partial charge in [0.05, 0.1) is 11.1 Å². The van der Waals surface area contributed by atoms with E-state index < -0.39 is 46.6 Å². The first-order chi connectivity index (χ1) is 27.9. The highest BCUT2D eigenvalue weighted by Crippen LogP contribution is 2.63. The molecule has 1 saturated carbocycles. The van der Waals surface area contributed by atoms with Crippen molar-refractivity contribution in [3.8, 4) is 0 Å². The van der Waals surface area contributed by atoms with E-state index in [-0.39, 0.29) is 59.9 Å². The molecule has 296 valence electrons. The van der Waals surface area contributed by atoms with Gasteiger partial charge in [0, 0.05) is 58.4 Å². The topological polar surface area (TPSA) is 154 Å². The first-order valence-corrected chi connectivity index (χ1v) is 20.2. The van der Waals surface area contributed by atoms with E-state index in [1.807, 2.05) is 0 Å². The summed E-state index contributed by atoms with van der Waals surface area (Å²) in [5.41, 5.74) is 1.55. The van der Waals surface area contributed by atoms with Crippen LogP contribution >= 0.6 is 23.2 Å². The largest absolute Gasteiger partial charge is 0.325 e. The summed E-state index contributed by atoms with van der Waals surface area (Å²) in [5, 5.41) is 12.2. The highest BCUT2D eigenvalue weighted by molar-refractivity contribution is 6.31. The van der Waals surface area contributed by atoms with Crippen molar-refractivity contribution in [2.45, 2.75) is 86.9 Å². The minimum Gasteiger partial charge on any atom is -0.325 e. The summed E-state index contributed by atoms with van der Waals surface area (Å²) in [6.07, 6.45) is 4.09. The molecule has 58 heavy (non-hydrogen) atoms. The molecule has 0 radical (unpaired) electrons. The number of Topliss-reactive ketones (excluding diaryl/α,β-unsaturated/α-hetero) is 1. The Balaban J connectivity index is 0.987. The second-order valence-electron chi connectivity index (χ2n) is 15.8. The SMILES string of the molecule is O=C1CCC(N2Cc3c(CC(=O)c4ccc(NC(=O)[C@@H]5NC6(CCCCC6)[C@@]6(C(=O)Nc7cc(Cl)ccc76)[C@H]5c5cccc(Cl)c5F)cc4)cccc3C2=O)C(=O)N1. The number of ketones is 1. The molecular weight excluding hydrogens is 784 g/mol. The molecule has 4 aliphatic heterocycles. The van der Waals surface area contributed by atoms with Gasteiger partial charge in [-0.2, -0.15) is 0 Å². The van der Waals surface area contributed by atoms with Crippen LogP contribution in [0.15, 0.2) is 78.9 Å². The Morgan fingerprint density at radius 3 is 2.41 bits per heavy atom. The number of piperidine rings is 1. The van der Waals surface area contributed by atoms with Gasteiger partial charge in [-0.3, -0.25) is 39.4 Å². The van der Waals surface area contributed by atoms with Crippen LogP contribution in [-0.2, 0) is 37.6 Å². The Bertz CT molecular complexity index is 2450. The summed E-state index contributed by atoms with van der Waals surface area (Å²) in [6.45, 7) is 0.147. The molecule has 5 aliphatic rings. The first-order valence-electron chi connectivity index (χ1n) is 19.4. The fourth-order valence-corrected chi connectivity index (χ4v) is 10.6. The number of imide groups is 1. The molecule has 1 aliphatic carbocycles. The summed E-state index contributed by atoms with van der Waals surface area (Å²) >= 11 is 12.8. The second-order valence-corrected chi connectivity index (χ2v) is 16.7. The van der Waals surface area contributed by atoms with Gasteiger partial charge >= 0.3 is 0 Å². The number of carbonyl (C=O) groups excluding carboxylic acids is 6. The minimum atomic E-state index is -1.38. The van der Waals surface area contributed by atoms with E-state index in [0.717, 1.165) is 19.3 Å². The Hall–Kier alpha value is -5.43. The molecule has 2 spiro atoms. The van der Waals surface area contributed by atoms with Crippen LogP contribution in [-0.4, -0.2) is 57.8 Å². The van der Waals surface area contributed by atoms with Gasteiger partial charge in [0.15, 0.2) is 5.78 Å². The predicted molar refractivity (Wildman–Crippen MR) is 214 cm³/mol. The van der Waals surface area contributed by atoms with Crippen molar-refractivity contribution >= 4 is 69.9 Å². The molecule has 4 aromatic carbocycles. The molecule has 2 saturated heterocycles. The molecule has 5 amide bonds. The zero-order valence-corrected chi connectivity index (χ0v) is 32.6. The Morgan fingerprint density at radius 2 is 1.66 bits per heavy atom. The molecule has 4 atom stereocenters. The molecule has 9 rings (SSSR count). The maximum atomic E-state index is 16.3. The monoisotopic (exact) mass is 821 g/mol. The molecule has 4 N–H and O–H groups in total. The Labute approximate surface area is 343 Å². The van der Waals surface area contributed by atoms with Gasteiger partial charge in [0.2, 0.25) is 23.6 Å². The van der Waals surface area contributed by atoms with Crippen LogP contribution in [0, 0.1) is 5.82 Å². The number of halogens is 3. The molecule has 14 heteroatoms.